The Labute approximate surface area is 128 Å². The normalized spacial score (nSPS) is 13.9. The van der Waals surface area contributed by atoms with Gasteiger partial charge < -0.3 is 4.57 Å². The summed E-state index contributed by atoms with van der Waals surface area (Å²) in [6.07, 6.45) is 0. The first-order valence-electron chi connectivity index (χ1n) is 6.64. The zero-order valence-corrected chi connectivity index (χ0v) is 13.7. The molecular formula is C15H19Cl2FN2. The van der Waals surface area contributed by atoms with Crippen molar-refractivity contribution in [2.24, 2.45) is 11.3 Å². The molecule has 2 nitrogen and oxygen atoms in total. The van der Waals surface area contributed by atoms with Crippen LogP contribution in [0.2, 0.25) is 5.02 Å². The highest BCUT2D eigenvalue weighted by atomic mass is 35.5. The van der Waals surface area contributed by atoms with Crippen molar-refractivity contribution in [3.63, 3.8) is 0 Å². The maximum absolute atomic E-state index is 13.5. The van der Waals surface area contributed by atoms with Crippen LogP contribution < -0.4 is 0 Å². The number of hydrogen-bond acceptors (Lipinski definition) is 1. The van der Waals surface area contributed by atoms with Crippen molar-refractivity contribution >= 4 is 34.2 Å². The summed E-state index contributed by atoms with van der Waals surface area (Å²) in [7, 11) is 0. The molecule has 0 aliphatic rings. The number of hydrogen-bond donors (Lipinski definition) is 0. The zero-order valence-electron chi connectivity index (χ0n) is 12.2. The van der Waals surface area contributed by atoms with Gasteiger partial charge in [-0.2, -0.15) is 0 Å². The number of fused-ring (bicyclic) bond motifs is 1. The van der Waals surface area contributed by atoms with Gasteiger partial charge in [-0.1, -0.05) is 39.3 Å². The van der Waals surface area contributed by atoms with Gasteiger partial charge in [0.05, 0.1) is 21.9 Å². The molecule has 0 aliphatic heterocycles. The standard InChI is InChI=1S/C15H19Cl2FN2/c1-9(15(2,3)4)8-20-13-5-10(17)11(18)6-12(13)19-14(20)7-16/h5-6,9H,7-8H2,1-4H3. The number of aromatic nitrogens is 2. The molecule has 1 aromatic carbocycles. The van der Waals surface area contributed by atoms with E-state index in [1.807, 2.05) is 4.57 Å². The van der Waals surface area contributed by atoms with Gasteiger partial charge >= 0.3 is 0 Å². The van der Waals surface area contributed by atoms with E-state index in [9.17, 15) is 4.39 Å². The number of nitrogens with zero attached hydrogens (tertiary/aromatic N) is 2. The fourth-order valence-corrected chi connectivity index (χ4v) is 2.39. The van der Waals surface area contributed by atoms with Crippen LogP contribution in [0.4, 0.5) is 4.39 Å². The van der Waals surface area contributed by atoms with Gasteiger partial charge in [0.25, 0.3) is 0 Å². The molecule has 2 aromatic rings. The summed E-state index contributed by atoms with van der Waals surface area (Å²) in [5.41, 5.74) is 1.61. The predicted octanol–water partition coefficient (Wildman–Crippen LogP) is 5.25. The fourth-order valence-electron chi connectivity index (χ4n) is 2.02. The average Bonchev–Trinajstić information content (AvgIpc) is 2.66. The lowest BCUT2D eigenvalue weighted by Gasteiger charge is -2.28. The van der Waals surface area contributed by atoms with E-state index in [1.54, 1.807) is 6.07 Å². The van der Waals surface area contributed by atoms with Crippen LogP contribution in [0.1, 0.15) is 33.5 Å². The maximum atomic E-state index is 13.5. The second kappa shape index (κ2) is 5.53. The van der Waals surface area contributed by atoms with E-state index in [1.165, 1.54) is 6.07 Å². The Bertz CT molecular complexity index is 629. The molecule has 110 valence electrons. The lowest BCUT2D eigenvalue weighted by molar-refractivity contribution is 0.233. The van der Waals surface area contributed by atoms with E-state index in [4.69, 9.17) is 23.2 Å². The van der Waals surface area contributed by atoms with Gasteiger partial charge in [-0.05, 0) is 17.4 Å². The van der Waals surface area contributed by atoms with Gasteiger partial charge in [0.15, 0.2) is 0 Å². The molecule has 0 bridgehead atoms. The molecular weight excluding hydrogens is 298 g/mol. The van der Waals surface area contributed by atoms with Crippen molar-refractivity contribution in [1.29, 1.82) is 0 Å². The minimum atomic E-state index is -0.450. The number of halogens is 3. The summed E-state index contributed by atoms with van der Waals surface area (Å²) in [5, 5.41) is 0.114. The molecule has 1 aromatic heterocycles. The summed E-state index contributed by atoms with van der Waals surface area (Å²) in [6, 6.07) is 3.00. The quantitative estimate of drug-likeness (QED) is 0.707. The van der Waals surface area contributed by atoms with E-state index in [0.29, 0.717) is 17.3 Å². The molecule has 0 saturated carbocycles. The van der Waals surface area contributed by atoms with Crippen LogP contribution in [0.3, 0.4) is 0 Å². The number of benzene rings is 1. The van der Waals surface area contributed by atoms with Crippen molar-refractivity contribution in [2.75, 3.05) is 0 Å². The smallest absolute Gasteiger partial charge is 0.144 e. The molecule has 0 aliphatic carbocycles. The van der Waals surface area contributed by atoms with Gasteiger partial charge in [-0.15, -0.1) is 11.6 Å². The van der Waals surface area contributed by atoms with Crippen LogP contribution in [0, 0.1) is 17.2 Å². The van der Waals surface area contributed by atoms with Crippen LogP contribution in [0.15, 0.2) is 12.1 Å². The number of alkyl halides is 1. The first kappa shape index (κ1) is 15.6. The molecule has 1 atom stereocenters. The average molecular weight is 317 g/mol. The third kappa shape index (κ3) is 2.94. The van der Waals surface area contributed by atoms with Crippen LogP contribution in [-0.2, 0) is 12.4 Å². The topological polar surface area (TPSA) is 17.8 Å². The van der Waals surface area contributed by atoms with Gasteiger partial charge in [0.1, 0.15) is 11.6 Å². The molecule has 2 rings (SSSR count). The van der Waals surface area contributed by atoms with Crippen molar-refractivity contribution in [1.82, 2.24) is 9.55 Å². The summed E-state index contributed by atoms with van der Waals surface area (Å²) >= 11 is 11.9. The van der Waals surface area contributed by atoms with Crippen LogP contribution in [-0.4, -0.2) is 9.55 Å². The lowest BCUT2D eigenvalue weighted by atomic mass is 9.82. The monoisotopic (exact) mass is 316 g/mol. The van der Waals surface area contributed by atoms with E-state index in [0.717, 1.165) is 17.9 Å². The predicted molar refractivity (Wildman–Crippen MR) is 82.9 cm³/mol. The molecule has 0 radical (unpaired) electrons. The first-order valence-corrected chi connectivity index (χ1v) is 7.55. The Morgan fingerprint density at radius 2 is 2.00 bits per heavy atom. The van der Waals surface area contributed by atoms with Crippen LogP contribution in [0.25, 0.3) is 11.0 Å². The van der Waals surface area contributed by atoms with Crippen molar-refractivity contribution < 1.29 is 4.39 Å². The summed E-state index contributed by atoms with van der Waals surface area (Å²) in [5.74, 6) is 1.02. The third-order valence-electron chi connectivity index (χ3n) is 3.92. The molecule has 0 N–H and O–H groups in total. The summed E-state index contributed by atoms with van der Waals surface area (Å²) in [6.45, 7) is 9.57. The highest BCUT2D eigenvalue weighted by Crippen LogP contribution is 2.30. The molecule has 0 saturated heterocycles. The molecule has 0 spiro atoms. The Hall–Kier alpha value is -0.800. The van der Waals surface area contributed by atoms with Crippen molar-refractivity contribution in [3.8, 4) is 0 Å². The SMILES string of the molecule is CC(Cn1c(CCl)nc2cc(F)c(Cl)cc21)C(C)(C)C. The van der Waals surface area contributed by atoms with E-state index < -0.39 is 5.82 Å². The zero-order chi connectivity index (χ0) is 15.1. The number of rotatable bonds is 3. The summed E-state index contributed by atoms with van der Waals surface area (Å²) < 4.78 is 15.6. The second-order valence-corrected chi connectivity index (χ2v) is 6.97. The second-order valence-electron chi connectivity index (χ2n) is 6.29. The minimum Gasteiger partial charge on any atom is -0.327 e. The fraction of sp³-hybridized carbons (Fsp3) is 0.533. The molecule has 1 unspecified atom stereocenters. The molecule has 1 heterocycles. The molecule has 0 fully saturated rings. The Morgan fingerprint density at radius 3 is 2.55 bits per heavy atom. The minimum absolute atomic E-state index is 0.114. The van der Waals surface area contributed by atoms with Crippen molar-refractivity contribution in [2.45, 2.75) is 40.1 Å². The van der Waals surface area contributed by atoms with Gasteiger partial charge in [0.2, 0.25) is 0 Å². The summed E-state index contributed by atoms with van der Waals surface area (Å²) in [4.78, 5) is 4.40. The van der Waals surface area contributed by atoms with E-state index in [2.05, 4.69) is 32.7 Å². The van der Waals surface area contributed by atoms with Gasteiger partial charge in [-0.3, -0.25) is 0 Å². The van der Waals surface area contributed by atoms with Crippen LogP contribution in [0.5, 0.6) is 0 Å². The molecule has 20 heavy (non-hydrogen) atoms. The highest BCUT2D eigenvalue weighted by molar-refractivity contribution is 6.31. The Kier molecular flexibility index (Phi) is 4.31. The van der Waals surface area contributed by atoms with Gasteiger partial charge in [-0.25, -0.2) is 9.37 Å². The lowest BCUT2D eigenvalue weighted by Crippen LogP contribution is -2.23. The third-order valence-corrected chi connectivity index (χ3v) is 4.45. The number of imidazole rings is 1. The maximum Gasteiger partial charge on any atom is 0.144 e. The molecule has 0 amide bonds. The Balaban J connectivity index is 2.53. The largest absolute Gasteiger partial charge is 0.327 e. The Morgan fingerprint density at radius 1 is 1.35 bits per heavy atom. The van der Waals surface area contributed by atoms with Crippen molar-refractivity contribution in [3.05, 3.63) is 28.8 Å². The highest BCUT2D eigenvalue weighted by Gasteiger charge is 2.23. The van der Waals surface area contributed by atoms with Gasteiger partial charge in [0, 0.05) is 12.6 Å². The van der Waals surface area contributed by atoms with E-state index >= 15 is 0 Å². The van der Waals surface area contributed by atoms with E-state index in [-0.39, 0.29) is 10.4 Å². The first-order chi connectivity index (χ1) is 9.24. The van der Waals surface area contributed by atoms with Crippen LogP contribution >= 0.6 is 23.2 Å². The molecule has 5 heteroatoms.